The standard InChI is InChI=1S/C24H30F3N5O3S/c1-15(17-6-5-7-18(20(17)25)21(26)27)30-22-19-12-16(13-31(2)23(19)29-14-28-22)24(35-3)8-10-32(11-9-24)36(4,33)34/h5-7,12,14-15,21H,8-11,13H2,1-4H3,(H,28,29,30)/t15-/m1/s1. The summed E-state index contributed by atoms with van der Waals surface area (Å²) in [6.07, 6.45) is 2.60. The van der Waals surface area contributed by atoms with Crippen molar-refractivity contribution in [3.63, 3.8) is 0 Å². The fourth-order valence-electron chi connectivity index (χ4n) is 4.95. The second kappa shape index (κ2) is 9.98. The van der Waals surface area contributed by atoms with Crippen molar-refractivity contribution in [2.24, 2.45) is 0 Å². The molecule has 0 aliphatic carbocycles. The fraction of sp³-hybridized carbons (Fsp3) is 0.500. The highest BCUT2D eigenvalue weighted by Crippen LogP contribution is 2.41. The van der Waals surface area contributed by atoms with E-state index < -0.39 is 39.5 Å². The average molecular weight is 526 g/mol. The number of halogens is 3. The molecule has 36 heavy (non-hydrogen) atoms. The van der Waals surface area contributed by atoms with Crippen LogP contribution in [0.2, 0.25) is 0 Å². The number of benzene rings is 1. The van der Waals surface area contributed by atoms with Crippen molar-refractivity contribution in [3.05, 3.63) is 52.6 Å². The third kappa shape index (κ3) is 4.94. The number of alkyl halides is 2. The molecule has 3 heterocycles. The Bertz CT molecular complexity index is 1260. The van der Waals surface area contributed by atoms with Crippen LogP contribution in [0.3, 0.4) is 0 Å². The molecule has 0 radical (unpaired) electrons. The van der Waals surface area contributed by atoms with Crippen LogP contribution in [0.25, 0.3) is 6.08 Å². The van der Waals surface area contributed by atoms with Crippen LogP contribution in [-0.4, -0.2) is 68.3 Å². The van der Waals surface area contributed by atoms with Gasteiger partial charge in [0.2, 0.25) is 10.0 Å². The number of rotatable bonds is 7. The molecule has 1 N–H and O–H groups in total. The van der Waals surface area contributed by atoms with Crippen LogP contribution >= 0.6 is 0 Å². The summed E-state index contributed by atoms with van der Waals surface area (Å²) in [4.78, 5) is 10.7. The molecule has 2 aliphatic heterocycles. The maximum atomic E-state index is 14.8. The number of hydrogen-bond donors (Lipinski definition) is 1. The topological polar surface area (TPSA) is 87.7 Å². The molecule has 2 aromatic rings. The molecule has 1 aromatic carbocycles. The van der Waals surface area contributed by atoms with Crippen LogP contribution in [-0.2, 0) is 14.8 Å². The molecule has 0 spiro atoms. The molecule has 1 fully saturated rings. The number of methoxy groups -OCH3 is 1. The quantitative estimate of drug-likeness (QED) is 0.585. The highest BCUT2D eigenvalue weighted by Gasteiger charge is 2.42. The minimum atomic E-state index is -3.29. The first-order valence-electron chi connectivity index (χ1n) is 11.6. The number of nitrogens with zero attached hydrogens (tertiary/aromatic N) is 4. The van der Waals surface area contributed by atoms with Gasteiger partial charge in [-0.1, -0.05) is 18.2 Å². The lowest BCUT2D eigenvalue weighted by molar-refractivity contribution is -0.0153. The van der Waals surface area contributed by atoms with Gasteiger partial charge in [0.25, 0.3) is 6.43 Å². The van der Waals surface area contributed by atoms with E-state index in [-0.39, 0.29) is 5.56 Å². The van der Waals surface area contributed by atoms with Crippen molar-refractivity contribution in [3.8, 4) is 0 Å². The van der Waals surface area contributed by atoms with Gasteiger partial charge in [0.1, 0.15) is 23.8 Å². The Morgan fingerprint density at radius 2 is 1.83 bits per heavy atom. The first-order chi connectivity index (χ1) is 17.0. The van der Waals surface area contributed by atoms with Crippen LogP contribution in [0.4, 0.5) is 24.8 Å². The lowest BCUT2D eigenvalue weighted by atomic mass is 9.82. The first kappa shape index (κ1) is 26.4. The van der Waals surface area contributed by atoms with E-state index in [1.807, 2.05) is 18.0 Å². The zero-order valence-corrected chi connectivity index (χ0v) is 21.4. The summed E-state index contributed by atoms with van der Waals surface area (Å²) in [6.45, 7) is 2.88. The van der Waals surface area contributed by atoms with Crippen molar-refractivity contribution in [1.29, 1.82) is 0 Å². The van der Waals surface area contributed by atoms with Gasteiger partial charge >= 0.3 is 0 Å². The number of anilines is 2. The molecule has 8 nitrogen and oxygen atoms in total. The summed E-state index contributed by atoms with van der Waals surface area (Å²) < 4.78 is 72.6. The van der Waals surface area contributed by atoms with E-state index in [0.717, 1.165) is 11.6 Å². The average Bonchev–Trinajstić information content (AvgIpc) is 2.83. The zero-order chi connectivity index (χ0) is 26.3. The Labute approximate surface area is 209 Å². The van der Waals surface area contributed by atoms with Gasteiger partial charge in [-0.05, 0) is 31.4 Å². The summed E-state index contributed by atoms with van der Waals surface area (Å²) in [7, 11) is 0.208. The van der Waals surface area contributed by atoms with Gasteiger partial charge in [0, 0.05) is 39.4 Å². The molecule has 1 atom stereocenters. The van der Waals surface area contributed by atoms with Gasteiger partial charge < -0.3 is 15.0 Å². The van der Waals surface area contributed by atoms with E-state index in [1.54, 1.807) is 14.0 Å². The lowest BCUT2D eigenvalue weighted by Gasteiger charge is -2.44. The number of hydrogen-bond acceptors (Lipinski definition) is 7. The van der Waals surface area contributed by atoms with Crippen LogP contribution in [0.15, 0.2) is 30.1 Å². The second-order valence-electron chi connectivity index (χ2n) is 9.26. The van der Waals surface area contributed by atoms with E-state index in [1.165, 1.54) is 29.0 Å². The molecule has 0 saturated carbocycles. The van der Waals surface area contributed by atoms with E-state index in [0.29, 0.717) is 49.7 Å². The van der Waals surface area contributed by atoms with Gasteiger partial charge in [-0.15, -0.1) is 0 Å². The number of fused-ring (bicyclic) bond motifs is 1. The smallest absolute Gasteiger partial charge is 0.266 e. The van der Waals surface area contributed by atoms with Crippen molar-refractivity contribution >= 4 is 27.7 Å². The summed E-state index contributed by atoms with van der Waals surface area (Å²) >= 11 is 0. The normalized spacial score (nSPS) is 19.1. The third-order valence-electron chi connectivity index (χ3n) is 7.04. The van der Waals surface area contributed by atoms with Crippen LogP contribution in [0.5, 0.6) is 0 Å². The van der Waals surface area contributed by atoms with Crippen molar-refractivity contribution < 1.29 is 26.3 Å². The number of likely N-dealkylation sites (N-methyl/N-ethyl adjacent to an activating group) is 1. The Hall–Kier alpha value is -2.70. The summed E-state index contributed by atoms with van der Waals surface area (Å²) in [5.41, 5.74) is 0.416. The second-order valence-corrected chi connectivity index (χ2v) is 11.2. The SMILES string of the molecule is COC1(C2=Cc3c(N[C@H](C)c4cccc(C(F)F)c4F)ncnc3N(C)C2)CCN(S(C)(=O)=O)CC1. The maximum Gasteiger partial charge on any atom is 0.266 e. The van der Waals surface area contributed by atoms with Gasteiger partial charge in [-0.25, -0.2) is 35.9 Å². The molecule has 0 bridgehead atoms. The molecular formula is C24H30F3N5O3S. The largest absolute Gasteiger partial charge is 0.374 e. The first-order valence-corrected chi connectivity index (χ1v) is 13.4. The lowest BCUT2D eigenvalue weighted by Crippen LogP contribution is -2.50. The van der Waals surface area contributed by atoms with Crippen LogP contribution in [0, 0.1) is 5.82 Å². The predicted molar refractivity (Wildman–Crippen MR) is 132 cm³/mol. The molecule has 2 aliphatic rings. The zero-order valence-electron chi connectivity index (χ0n) is 20.6. The molecule has 196 valence electrons. The minimum absolute atomic E-state index is 0.107. The number of nitrogens with one attached hydrogen (secondary N) is 1. The number of ether oxygens (including phenoxy) is 1. The molecule has 0 amide bonds. The Balaban J connectivity index is 1.67. The minimum Gasteiger partial charge on any atom is -0.374 e. The number of aromatic nitrogens is 2. The molecule has 12 heteroatoms. The predicted octanol–water partition coefficient (Wildman–Crippen LogP) is 4.00. The van der Waals surface area contributed by atoms with E-state index >= 15 is 0 Å². The molecule has 0 unspecified atom stereocenters. The van der Waals surface area contributed by atoms with Gasteiger partial charge in [0.15, 0.2) is 0 Å². The highest BCUT2D eigenvalue weighted by molar-refractivity contribution is 7.88. The Kier molecular flexibility index (Phi) is 7.31. The summed E-state index contributed by atoms with van der Waals surface area (Å²) in [5, 5.41) is 3.16. The highest BCUT2D eigenvalue weighted by atomic mass is 32.2. The van der Waals surface area contributed by atoms with E-state index in [9.17, 15) is 21.6 Å². The van der Waals surface area contributed by atoms with Crippen molar-refractivity contribution in [2.75, 3.05) is 50.3 Å². The fourth-order valence-corrected chi connectivity index (χ4v) is 5.80. The van der Waals surface area contributed by atoms with Crippen molar-refractivity contribution in [1.82, 2.24) is 14.3 Å². The number of piperidine rings is 1. The van der Waals surface area contributed by atoms with E-state index in [4.69, 9.17) is 4.74 Å². The van der Waals surface area contributed by atoms with Crippen molar-refractivity contribution in [2.45, 2.75) is 37.8 Å². The van der Waals surface area contributed by atoms with Crippen LogP contribution < -0.4 is 10.2 Å². The maximum absolute atomic E-state index is 14.8. The van der Waals surface area contributed by atoms with E-state index in [2.05, 4.69) is 15.3 Å². The third-order valence-corrected chi connectivity index (χ3v) is 8.34. The summed E-state index contributed by atoms with van der Waals surface area (Å²) in [6, 6.07) is 3.30. The summed E-state index contributed by atoms with van der Waals surface area (Å²) in [5.74, 6) is 0.142. The Morgan fingerprint density at radius 1 is 1.17 bits per heavy atom. The van der Waals surface area contributed by atoms with Gasteiger partial charge in [-0.2, -0.15) is 0 Å². The van der Waals surface area contributed by atoms with Crippen LogP contribution in [0.1, 0.15) is 48.9 Å². The Morgan fingerprint density at radius 3 is 2.44 bits per heavy atom. The molecule has 1 saturated heterocycles. The molecule has 4 rings (SSSR count). The monoisotopic (exact) mass is 525 g/mol. The molecule has 1 aromatic heterocycles. The van der Waals surface area contributed by atoms with Gasteiger partial charge in [0.05, 0.1) is 29.0 Å². The van der Waals surface area contributed by atoms with Gasteiger partial charge in [-0.3, -0.25) is 0 Å². The number of sulfonamides is 1. The molecular weight excluding hydrogens is 495 g/mol.